The number of nitrogens with one attached hydrogen (secondary N) is 1. The van der Waals surface area contributed by atoms with E-state index in [9.17, 15) is 18.8 Å². The molecule has 0 aliphatic carbocycles. The Bertz CT molecular complexity index is 1250. The molecule has 2 aromatic heterocycles. The Morgan fingerprint density at radius 2 is 1.91 bits per heavy atom. The van der Waals surface area contributed by atoms with Gasteiger partial charge in [-0.3, -0.25) is 4.79 Å². The first-order chi connectivity index (χ1) is 16.6. The maximum Gasteiger partial charge on any atom is 0.348 e. The number of halogens is 2. The average molecular weight is 524 g/mol. The summed E-state index contributed by atoms with van der Waals surface area (Å²) in [6.45, 7) is 6.73. The van der Waals surface area contributed by atoms with Gasteiger partial charge in [0.05, 0.1) is 23.3 Å². The molecule has 8 nitrogen and oxygen atoms in total. The van der Waals surface area contributed by atoms with Crippen LogP contribution in [0.25, 0.3) is 0 Å². The largest absolute Gasteiger partial charge is 0.484 e. The summed E-state index contributed by atoms with van der Waals surface area (Å²) in [5, 5.41) is 2.85. The lowest BCUT2D eigenvalue weighted by Gasteiger charge is -2.10. The molecule has 0 bridgehead atoms. The highest BCUT2D eigenvalue weighted by atomic mass is 35.5. The predicted octanol–water partition coefficient (Wildman–Crippen LogP) is 6.02. The lowest BCUT2D eigenvalue weighted by atomic mass is 10.1. The van der Waals surface area contributed by atoms with Gasteiger partial charge in [0.2, 0.25) is 0 Å². The number of furan rings is 1. The number of carbonyl (C=O) groups excluding carboxylic acids is 3. The number of amides is 1. The molecule has 1 aromatic carbocycles. The van der Waals surface area contributed by atoms with Crippen molar-refractivity contribution in [3.8, 4) is 5.75 Å². The number of anilines is 1. The molecular weight excluding hydrogens is 501 g/mol. The summed E-state index contributed by atoms with van der Waals surface area (Å²) in [7, 11) is 0. The third-order valence-electron chi connectivity index (χ3n) is 4.53. The van der Waals surface area contributed by atoms with E-state index < -0.39 is 29.8 Å². The molecule has 2 heterocycles. The first kappa shape index (κ1) is 26.2. The van der Waals surface area contributed by atoms with Crippen molar-refractivity contribution in [2.75, 3.05) is 11.9 Å². The second-order valence-corrected chi connectivity index (χ2v) is 8.95. The molecule has 0 aliphatic rings. The highest BCUT2D eigenvalue weighted by Gasteiger charge is 2.28. The molecule has 0 saturated carbocycles. The molecule has 0 unspecified atom stereocenters. The molecule has 35 heavy (non-hydrogen) atoms. The minimum Gasteiger partial charge on any atom is -0.484 e. The number of hydrogen-bond donors (Lipinski definition) is 1. The Morgan fingerprint density at radius 3 is 2.57 bits per heavy atom. The molecule has 1 N–H and O–H groups in total. The van der Waals surface area contributed by atoms with Crippen molar-refractivity contribution in [2.45, 2.75) is 40.4 Å². The van der Waals surface area contributed by atoms with Gasteiger partial charge in [-0.05, 0) is 63.6 Å². The highest BCUT2D eigenvalue weighted by molar-refractivity contribution is 7.18. The maximum absolute atomic E-state index is 13.2. The molecule has 0 radical (unpaired) electrons. The van der Waals surface area contributed by atoms with Crippen molar-refractivity contribution in [1.29, 1.82) is 0 Å². The van der Waals surface area contributed by atoms with Crippen LogP contribution in [0.3, 0.4) is 0 Å². The highest BCUT2D eigenvalue weighted by Crippen LogP contribution is 2.35. The molecule has 0 atom stereocenters. The van der Waals surface area contributed by atoms with Gasteiger partial charge in [-0.1, -0.05) is 11.6 Å². The SMILES string of the molecule is CCOC(=O)c1sc(NC(=O)c2ccc(COc3ccc(F)cc3Cl)o2)c(C(=O)OC(C)C)c1C. The van der Waals surface area contributed by atoms with E-state index in [1.54, 1.807) is 27.7 Å². The number of rotatable bonds is 9. The van der Waals surface area contributed by atoms with Crippen LogP contribution < -0.4 is 10.1 Å². The quantitative estimate of drug-likeness (QED) is 0.342. The number of carbonyl (C=O) groups is 3. The van der Waals surface area contributed by atoms with Crippen LogP contribution in [-0.2, 0) is 16.1 Å². The Hall–Kier alpha value is -3.37. The van der Waals surface area contributed by atoms with E-state index in [0.717, 1.165) is 17.4 Å². The molecule has 3 aromatic rings. The van der Waals surface area contributed by atoms with Gasteiger partial charge < -0.3 is 23.9 Å². The monoisotopic (exact) mass is 523 g/mol. The molecule has 186 valence electrons. The van der Waals surface area contributed by atoms with Crippen LogP contribution in [0, 0.1) is 12.7 Å². The molecule has 0 aliphatic heterocycles. The average Bonchev–Trinajstić information content (AvgIpc) is 3.37. The van der Waals surface area contributed by atoms with Gasteiger partial charge in [0.15, 0.2) is 5.76 Å². The van der Waals surface area contributed by atoms with Crippen LogP contribution in [0.15, 0.2) is 34.7 Å². The minimum atomic E-state index is -0.677. The number of benzene rings is 1. The first-order valence-electron chi connectivity index (χ1n) is 10.6. The first-order valence-corrected chi connectivity index (χ1v) is 11.8. The summed E-state index contributed by atoms with van der Waals surface area (Å²) >= 11 is 6.85. The fourth-order valence-electron chi connectivity index (χ4n) is 3.00. The Balaban J connectivity index is 1.78. The topological polar surface area (TPSA) is 104 Å². The van der Waals surface area contributed by atoms with Crippen LogP contribution in [0.4, 0.5) is 9.39 Å². The van der Waals surface area contributed by atoms with Crippen LogP contribution in [0.1, 0.15) is 62.7 Å². The predicted molar refractivity (Wildman–Crippen MR) is 128 cm³/mol. The van der Waals surface area contributed by atoms with Crippen molar-refractivity contribution in [1.82, 2.24) is 0 Å². The fourth-order valence-corrected chi connectivity index (χ4v) is 4.30. The summed E-state index contributed by atoms with van der Waals surface area (Å²) in [5.74, 6) is -1.91. The molecule has 0 fully saturated rings. The molecule has 0 spiro atoms. The molecule has 3 rings (SSSR count). The summed E-state index contributed by atoms with van der Waals surface area (Å²) in [5.41, 5.74) is 0.417. The molecule has 1 amide bonds. The number of thiophene rings is 1. The van der Waals surface area contributed by atoms with Gasteiger partial charge >= 0.3 is 11.9 Å². The smallest absolute Gasteiger partial charge is 0.348 e. The minimum absolute atomic E-state index is 0.0549. The van der Waals surface area contributed by atoms with Crippen LogP contribution in [0.2, 0.25) is 5.02 Å². The molecular formula is C24H23ClFNO7S. The van der Waals surface area contributed by atoms with Gasteiger partial charge in [-0.2, -0.15) is 0 Å². The van der Waals surface area contributed by atoms with E-state index in [0.29, 0.717) is 11.3 Å². The van der Waals surface area contributed by atoms with Crippen LogP contribution >= 0.6 is 22.9 Å². The van der Waals surface area contributed by atoms with Crippen LogP contribution in [-0.4, -0.2) is 30.6 Å². The summed E-state index contributed by atoms with van der Waals surface area (Å²) in [4.78, 5) is 38.0. The fraction of sp³-hybridized carbons (Fsp3) is 0.292. The maximum atomic E-state index is 13.2. The Kier molecular flexibility index (Phi) is 8.52. The van der Waals surface area contributed by atoms with E-state index in [1.807, 2.05) is 0 Å². The number of ether oxygens (including phenoxy) is 3. The Labute approximate surface area is 209 Å². The Morgan fingerprint density at radius 1 is 1.17 bits per heavy atom. The van der Waals surface area contributed by atoms with Gasteiger partial charge in [0, 0.05) is 0 Å². The zero-order valence-electron chi connectivity index (χ0n) is 19.4. The zero-order chi connectivity index (χ0) is 25.7. The molecule has 11 heteroatoms. The summed E-state index contributed by atoms with van der Waals surface area (Å²) < 4.78 is 34.6. The van der Waals surface area contributed by atoms with Crippen LogP contribution in [0.5, 0.6) is 5.75 Å². The van der Waals surface area contributed by atoms with Crippen molar-refractivity contribution in [2.24, 2.45) is 0 Å². The van der Waals surface area contributed by atoms with Gasteiger partial charge in [0.1, 0.15) is 33.8 Å². The third kappa shape index (κ3) is 6.40. The lowest BCUT2D eigenvalue weighted by molar-refractivity contribution is 0.0379. The number of hydrogen-bond acceptors (Lipinski definition) is 8. The zero-order valence-corrected chi connectivity index (χ0v) is 21.0. The molecule has 0 saturated heterocycles. The van der Waals surface area contributed by atoms with E-state index in [2.05, 4.69) is 5.32 Å². The van der Waals surface area contributed by atoms with Gasteiger partial charge in [-0.25, -0.2) is 14.0 Å². The normalized spacial score (nSPS) is 10.8. The van der Waals surface area contributed by atoms with Gasteiger partial charge in [0.25, 0.3) is 5.91 Å². The van der Waals surface area contributed by atoms with E-state index in [-0.39, 0.29) is 45.2 Å². The lowest BCUT2D eigenvalue weighted by Crippen LogP contribution is -2.16. The second-order valence-electron chi connectivity index (χ2n) is 7.52. The van der Waals surface area contributed by atoms with Crippen molar-refractivity contribution < 1.29 is 37.4 Å². The summed E-state index contributed by atoms with van der Waals surface area (Å²) in [6.07, 6.45) is -0.404. The number of esters is 2. The third-order valence-corrected chi connectivity index (χ3v) is 6.01. The van der Waals surface area contributed by atoms with E-state index >= 15 is 0 Å². The second kappa shape index (κ2) is 11.4. The van der Waals surface area contributed by atoms with Crippen molar-refractivity contribution >= 4 is 45.8 Å². The summed E-state index contributed by atoms with van der Waals surface area (Å²) in [6, 6.07) is 6.67. The van der Waals surface area contributed by atoms with E-state index in [4.69, 9.17) is 30.2 Å². The standard InChI is InChI=1S/C24H23ClFNO7S/c1-5-31-24(30)20-13(4)19(23(29)33-12(2)3)22(35-20)27-21(28)18-9-7-15(34-18)11-32-17-8-6-14(26)10-16(17)25/h6-10,12H,5,11H2,1-4H3,(H,27,28). The van der Waals surface area contributed by atoms with Gasteiger partial charge in [-0.15, -0.1) is 11.3 Å². The van der Waals surface area contributed by atoms with E-state index in [1.165, 1.54) is 24.3 Å². The van der Waals surface area contributed by atoms with Crippen molar-refractivity contribution in [3.63, 3.8) is 0 Å². The van der Waals surface area contributed by atoms with Crippen molar-refractivity contribution in [3.05, 3.63) is 68.7 Å².